The summed E-state index contributed by atoms with van der Waals surface area (Å²) in [5.74, 6) is 0.309. The fourth-order valence-corrected chi connectivity index (χ4v) is 6.43. The van der Waals surface area contributed by atoms with Crippen molar-refractivity contribution in [2.45, 2.75) is 64.1 Å². The van der Waals surface area contributed by atoms with Crippen LogP contribution in [-0.2, 0) is 11.3 Å². The maximum absolute atomic E-state index is 15.6. The van der Waals surface area contributed by atoms with Crippen LogP contribution in [0.2, 0.25) is 0 Å². The Labute approximate surface area is 261 Å². The van der Waals surface area contributed by atoms with Gasteiger partial charge in [-0.25, -0.2) is 19.0 Å². The summed E-state index contributed by atoms with van der Waals surface area (Å²) < 4.78 is 23.0. The summed E-state index contributed by atoms with van der Waals surface area (Å²) in [6.45, 7) is 6.87. The molecule has 1 atom stereocenters. The van der Waals surface area contributed by atoms with Crippen molar-refractivity contribution in [2.24, 2.45) is 0 Å². The average Bonchev–Trinajstić information content (AvgIpc) is 3.66. The van der Waals surface area contributed by atoms with Gasteiger partial charge in [0.15, 0.2) is 5.65 Å². The molecule has 0 spiro atoms. The van der Waals surface area contributed by atoms with Crippen LogP contribution in [0.5, 0.6) is 11.5 Å². The number of nitriles is 1. The lowest BCUT2D eigenvalue weighted by Gasteiger charge is -2.39. The van der Waals surface area contributed by atoms with Crippen molar-refractivity contribution in [2.75, 3.05) is 25.4 Å². The molecule has 2 N–H and O–H groups in total. The van der Waals surface area contributed by atoms with Gasteiger partial charge in [-0.05, 0) is 83.0 Å². The Morgan fingerprint density at radius 1 is 1.09 bits per heavy atom. The predicted molar refractivity (Wildman–Crippen MR) is 170 cm³/mol. The van der Waals surface area contributed by atoms with E-state index < -0.39 is 11.4 Å². The molecule has 2 aliphatic heterocycles. The Morgan fingerprint density at radius 3 is 2.60 bits per heavy atom. The van der Waals surface area contributed by atoms with Gasteiger partial charge in [0.2, 0.25) is 0 Å². The molecule has 45 heavy (non-hydrogen) atoms. The fourth-order valence-electron chi connectivity index (χ4n) is 6.43. The highest BCUT2D eigenvalue weighted by Crippen LogP contribution is 2.35. The van der Waals surface area contributed by atoms with Crippen molar-refractivity contribution >= 4 is 22.8 Å². The minimum absolute atomic E-state index is 0.148. The number of hydrogen-bond acceptors (Lipinski definition) is 8. The van der Waals surface area contributed by atoms with E-state index in [4.69, 9.17) is 15.6 Å². The first-order valence-electron chi connectivity index (χ1n) is 15.4. The lowest BCUT2D eigenvalue weighted by molar-refractivity contribution is -0.127. The molecule has 10 nitrogen and oxygen atoms in total. The van der Waals surface area contributed by atoms with Crippen molar-refractivity contribution in [3.63, 3.8) is 0 Å². The number of carbonyl (C=O) groups excluding carboxylic acids is 1. The number of benzene rings is 2. The molecule has 2 saturated heterocycles. The standard InChI is InChI=1S/C34H37FN8O2/c1-34(2,41-15-7-4-8-16-41)19-23(20-36)33(44)42-17-9-10-24(42)21-43-32-29(31(37)38-22-39-32)30(40-43)27-14-13-26(18-28(27)35)45-25-11-5-3-6-12-25/h3,5-6,11-14,18-19,22,24H,4,7-10,15-17,21H2,1-2H3,(H2,37,38,39)/b23-19+/t24-/m0/s1. The number of nitrogens with zero attached hydrogens (tertiary/aromatic N) is 7. The number of fused-ring (bicyclic) bond motifs is 1. The molecule has 11 heteroatoms. The summed E-state index contributed by atoms with van der Waals surface area (Å²) in [5.41, 5.74) is 7.01. The molecule has 2 fully saturated rings. The first-order chi connectivity index (χ1) is 21.7. The highest BCUT2D eigenvalue weighted by atomic mass is 19.1. The number of anilines is 1. The van der Waals surface area contributed by atoms with E-state index in [2.05, 4.69) is 34.8 Å². The topological polar surface area (TPSA) is 126 Å². The number of ether oxygens (including phenoxy) is 1. The number of carbonyl (C=O) groups is 1. The molecule has 0 saturated carbocycles. The molecule has 2 aromatic heterocycles. The number of aromatic nitrogens is 4. The second kappa shape index (κ2) is 12.7. The maximum atomic E-state index is 15.6. The van der Waals surface area contributed by atoms with Crippen LogP contribution in [0.4, 0.5) is 10.2 Å². The molecule has 6 rings (SSSR count). The Bertz CT molecular complexity index is 1770. The molecule has 232 valence electrons. The average molecular weight is 609 g/mol. The van der Waals surface area contributed by atoms with Gasteiger partial charge in [-0.3, -0.25) is 9.69 Å². The smallest absolute Gasteiger partial charge is 0.264 e. The molecule has 1 amide bonds. The van der Waals surface area contributed by atoms with Crippen LogP contribution >= 0.6 is 0 Å². The molecule has 0 unspecified atom stereocenters. The summed E-state index contributed by atoms with van der Waals surface area (Å²) in [6, 6.07) is 15.7. The minimum Gasteiger partial charge on any atom is -0.457 e. The van der Waals surface area contributed by atoms with E-state index in [9.17, 15) is 10.1 Å². The van der Waals surface area contributed by atoms with Gasteiger partial charge in [0.25, 0.3) is 5.91 Å². The van der Waals surface area contributed by atoms with E-state index >= 15 is 4.39 Å². The van der Waals surface area contributed by atoms with Gasteiger partial charge in [0.05, 0.1) is 18.0 Å². The number of hydrogen-bond donors (Lipinski definition) is 1. The number of para-hydroxylation sites is 1. The van der Waals surface area contributed by atoms with Crippen molar-refractivity contribution in [1.82, 2.24) is 29.5 Å². The summed E-state index contributed by atoms with van der Waals surface area (Å²) in [7, 11) is 0. The van der Waals surface area contributed by atoms with Gasteiger partial charge in [-0.1, -0.05) is 24.6 Å². The molecule has 4 heterocycles. The number of nitrogens with two attached hydrogens (primary N) is 1. The highest BCUT2D eigenvalue weighted by Gasteiger charge is 2.34. The molecule has 0 aliphatic carbocycles. The van der Waals surface area contributed by atoms with Gasteiger partial charge in [0.1, 0.15) is 46.8 Å². The predicted octanol–water partition coefficient (Wildman–Crippen LogP) is 5.71. The molecular formula is C34H37FN8O2. The van der Waals surface area contributed by atoms with E-state index in [0.29, 0.717) is 41.3 Å². The lowest BCUT2D eigenvalue weighted by Crippen LogP contribution is -2.46. The van der Waals surface area contributed by atoms with Crippen LogP contribution in [-0.4, -0.2) is 66.7 Å². The van der Waals surface area contributed by atoms with Crippen LogP contribution < -0.4 is 10.5 Å². The maximum Gasteiger partial charge on any atom is 0.264 e. The summed E-state index contributed by atoms with van der Waals surface area (Å²) in [6.07, 6.45) is 8.14. The van der Waals surface area contributed by atoms with Crippen LogP contribution in [0.25, 0.3) is 22.3 Å². The molecule has 0 radical (unpaired) electrons. The minimum atomic E-state index is -0.531. The van der Waals surface area contributed by atoms with Gasteiger partial charge < -0.3 is 15.4 Å². The number of likely N-dealkylation sites (tertiary alicyclic amines) is 2. The lowest BCUT2D eigenvalue weighted by atomic mass is 9.95. The number of halogens is 1. The first kappa shape index (κ1) is 30.2. The first-order valence-corrected chi connectivity index (χ1v) is 15.4. The second-order valence-corrected chi connectivity index (χ2v) is 12.2. The number of nitrogen functional groups attached to an aromatic ring is 1. The summed E-state index contributed by atoms with van der Waals surface area (Å²) in [4.78, 5) is 26.5. The Balaban J connectivity index is 1.28. The molecule has 2 aromatic carbocycles. The van der Waals surface area contributed by atoms with Crippen molar-refractivity contribution < 1.29 is 13.9 Å². The van der Waals surface area contributed by atoms with E-state index in [-0.39, 0.29) is 28.9 Å². The summed E-state index contributed by atoms with van der Waals surface area (Å²) >= 11 is 0. The van der Waals surface area contributed by atoms with E-state index in [0.717, 1.165) is 38.8 Å². The Morgan fingerprint density at radius 2 is 1.87 bits per heavy atom. The van der Waals surface area contributed by atoms with Crippen molar-refractivity contribution in [3.05, 3.63) is 72.3 Å². The SMILES string of the molecule is CC(C)(/C=C(\C#N)C(=O)N1CCC[C@H]1Cn1nc(-c2ccc(Oc3ccccc3)cc2F)c2c(N)ncnc21)N1CCCCC1. The molecule has 0 bridgehead atoms. The zero-order valence-electron chi connectivity index (χ0n) is 25.6. The third-order valence-corrected chi connectivity index (χ3v) is 8.77. The molecular weight excluding hydrogens is 571 g/mol. The fraction of sp³-hybridized carbons (Fsp3) is 0.382. The van der Waals surface area contributed by atoms with E-state index in [1.807, 2.05) is 24.3 Å². The number of amides is 1. The van der Waals surface area contributed by atoms with E-state index in [1.54, 1.807) is 33.8 Å². The zero-order chi connectivity index (χ0) is 31.6. The summed E-state index contributed by atoms with van der Waals surface area (Å²) in [5, 5.41) is 15.2. The third-order valence-electron chi connectivity index (χ3n) is 8.77. The Kier molecular flexibility index (Phi) is 8.50. The number of piperidine rings is 1. The van der Waals surface area contributed by atoms with Crippen molar-refractivity contribution in [1.29, 1.82) is 5.26 Å². The van der Waals surface area contributed by atoms with E-state index in [1.165, 1.54) is 18.8 Å². The van der Waals surface area contributed by atoms with Gasteiger partial charge >= 0.3 is 0 Å². The van der Waals surface area contributed by atoms with Crippen LogP contribution in [0.15, 0.2) is 66.5 Å². The second-order valence-electron chi connectivity index (χ2n) is 12.2. The Hall–Kier alpha value is -4.82. The zero-order valence-corrected chi connectivity index (χ0v) is 25.6. The normalized spacial score (nSPS) is 17.9. The van der Waals surface area contributed by atoms with Gasteiger partial charge in [-0.15, -0.1) is 0 Å². The largest absolute Gasteiger partial charge is 0.457 e. The van der Waals surface area contributed by atoms with Crippen LogP contribution in [0, 0.1) is 17.1 Å². The monoisotopic (exact) mass is 608 g/mol. The molecule has 4 aromatic rings. The van der Waals surface area contributed by atoms with Crippen LogP contribution in [0.3, 0.4) is 0 Å². The number of rotatable bonds is 8. The van der Waals surface area contributed by atoms with Gasteiger partial charge in [0, 0.05) is 23.7 Å². The van der Waals surface area contributed by atoms with Gasteiger partial charge in [-0.2, -0.15) is 10.4 Å². The highest BCUT2D eigenvalue weighted by molar-refractivity contribution is 5.99. The van der Waals surface area contributed by atoms with Crippen LogP contribution in [0.1, 0.15) is 46.0 Å². The molecule has 2 aliphatic rings. The third kappa shape index (κ3) is 6.24. The van der Waals surface area contributed by atoms with Crippen molar-refractivity contribution in [3.8, 4) is 28.8 Å². The quantitative estimate of drug-likeness (QED) is 0.199.